The van der Waals surface area contributed by atoms with Gasteiger partial charge in [0.1, 0.15) is 17.3 Å². The molecule has 0 saturated carbocycles. The monoisotopic (exact) mass is 436 g/mol. The molecular formula is C29H16N4O. The number of rotatable bonds is 1. The molecule has 0 spiro atoms. The highest BCUT2D eigenvalue weighted by Gasteiger charge is 2.25. The van der Waals surface area contributed by atoms with Crippen molar-refractivity contribution in [1.29, 1.82) is 0 Å². The van der Waals surface area contributed by atoms with Crippen molar-refractivity contribution in [2.45, 2.75) is 0 Å². The van der Waals surface area contributed by atoms with Crippen molar-refractivity contribution in [2.24, 2.45) is 0 Å². The summed E-state index contributed by atoms with van der Waals surface area (Å²) in [4.78, 5) is 15.2. The molecule has 0 fully saturated rings. The molecule has 3 aliphatic heterocycles. The minimum atomic E-state index is 0.598. The number of benzene rings is 4. The summed E-state index contributed by atoms with van der Waals surface area (Å²) in [5.74, 6) is 3.03. The van der Waals surface area contributed by atoms with Crippen LogP contribution in [0.4, 0.5) is 0 Å². The summed E-state index contributed by atoms with van der Waals surface area (Å²) in [6.45, 7) is 0. The Morgan fingerprint density at radius 3 is 2.41 bits per heavy atom. The van der Waals surface area contributed by atoms with E-state index in [1.807, 2.05) is 48.5 Å². The fraction of sp³-hybridized carbons (Fsp3) is 0. The van der Waals surface area contributed by atoms with E-state index in [0.29, 0.717) is 5.95 Å². The number of fused-ring (bicyclic) bond motifs is 6. The second kappa shape index (κ2) is 6.39. The van der Waals surface area contributed by atoms with Crippen LogP contribution in [0.25, 0.3) is 61.3 Å². The lowest BCUT2D eigenvalue weighted by Gasteiger charge is -2.22. The first-order valence-corrected chi connectivity index (χ1v) is 11.2. The molecule has 5 nitrogen and oxygen atoms in total. The average molecular weight is 436 g/mol. The minimum absolute atomic E-state index is 0.598. The topological polar surface area (TPSA) is 52.8 Å². The van der Waals surface area contributed by atoms with Crippen LogP contribution < -0.4 is 4.74 Å². The highest BCUT2D eigenvalue weighted by molar-refractivity contribution is 6.03. The molecule has 0 N–H and O–H groups in total. The summed E-state index contributed by atoms with van der Waals surface area (Å²) in [6, 6.07) is 32.8. The highest BCUT2D eigenvalue weighted by Crippen LogP contribution is 2.45. The second-order valence-electron chi connectivity index (χ2n) is 8.53. The number of para-hydroxylation sites is 3. The van der Waals surface area contributed by atoms with Crippen LogP contribution >= 0.6 is 0 Å². The van der Waals surface area contributed by atoms with E-state index < -0.39 is 0 Å². The van der Waals surface area contributed by atoms with Gasteiger partial charge < -0.3 is 4.74 Å². The van der Waals surface area contributed by atoms with Crippen molar-refractivity contribution >= 4 is 32.7 Å². The van der Waals surface area contributed by atoms with Gasteiger partial charge in [0.05, 0.1) is 27.6 Å². The Balaban J connectivity index is 1.54. The molecule has 0 atom stereocenters. The van der Waals surface area contributed by atoms with Gasteiger partial charge in [-0.05, 0) is 47.9 Å². The quantitative estimate of drug-likeness (QED) is 0.278. The maximum Gasteiger partial charge on any atom is 0.237 e. The molecule has 0 aliphatic carbocycles. The maximum absolute atomic E-state index is 6.18. The summed E-state index contributed by atoms with van der Waals surface area (Å²) in [5, 5.41) is 3.17. The number of ether oxygens (including phenoxy) is 1. The molecule has 0 saturated heterocycles. The van der Waals surface area contributed by atoms with Gasteiger partial charge in [-0.15, -0.1) is 0 Å². The van der Waals surface area contributed by atoms with Crippen molar-refractivity contribution in [3.8, 4) is 40.1 Å². The molecule has 0 radical (unpaired) electrons. The van der Waals surface area contributed by atoms with Crippen molar-refractivity contribution < 1.29 is 4.74 Å². The molecule has 158 valence electrons. The lowest BCUT2D eigenvalue weighted by molar-refractivity contribution is 0.486. The predicted octanol–water partition coefficient (Wildman–Crippen LogP) is 7.00. The molecular weight excluding hydrogens is 420 g/mol. The summed E-state index contributed by atoms with van der Waals surface area (Å²) < 4.78 is 8.26. The fourth-order valence-electron chi connectivity index (χ4n) is 5.08. The maximum atomic E-state index is 6.18. The van der Waals surface area contributed by atoms with Crippen molar-refractivity contribution in [2.75, 3.05) is 0 Å². The van der Waals surface area contributed by atoms with Gasteiger partial charge in [0.25, 0.3) is 0 Å². The van der Waals surface area contributed by atoms with Gasteiger partial charge in [0.2, 0.25) is 5.95 Å². The molecule has 5 heteroatoms. The number of hydrogen-bond acceptors (Lipinski definition) is 4. The number of hydrogen-bond donors (Lipinski definition) is 0. The zero-order chi connectivity index (χ0) is 22.2. The van der Waals surface area contributed by atoms with Gasteiger partial charge in [-0.1, -0.05) is 54.6 Å². The first-order valence-electron chi connectivity index (χ1n) is 11.2. The number of aromatic nitrogens is 4. The third kappa shape index (κ3) is 2.30. The lowest BCUT2D eigenvalue weighted by atomic mass is 10.0. The molecule has 4 heterocycles. The summed E-state index contributed by atoms with van der Waals surface area (Å²) in [7, 11) is 0. The van der Waals surface area contributed by atoms with Gasteiger partial charge in [-0.3, -0.25) is 4.57 Å². The smallest absolute Gasteiger partial charge is 0.237 e. The Morgan fingerprint density at radius 2 is 1.41 bits per heavy atom. The largest absolute Gasteiger partial charge is 0.456 e. The highest BCUT2D eigenvalue weighted by atomic mass is 16.5. The van der Waals surface area contributed by atoms with Gasteiger partial charge in [0, 0.05) is 16.5 Å². The van der Waals surface area contributed by atoms with E-state index in [2.05, 4.69) is 53.1 Å². The van der Waals surface area contributed by atoms with Crippen LogP contribution in [-0.2, 0) is 0 Å². The van der Waals surface area contributed by atoms with Crippen LogP contribution in [0.15, 0.2) is 97.1 Å². The molecule has 4 aromatic carbocycles. The lowest BCUT2D eigenvalue weighted by Crippen LogP contribution is -2.10. The molecule has 0 amide bonds. The third-order valence-electron chi connectivity index (χ3n) is 6.59. The summed E-state index contributed by atoms with van der Waals surface area (Å²) in [6.07, 6.45) is 0. The van der Waals surface area contributed by atoms with E-state index in [0.717, 1.165) is 66.9 Å². The van der Waals surface area contributed by atoms with Gasteiger partial charge >= 0.3 is 0 Å². The average Bonchev–Trinajstić information content (AvgIpc) is 3.25. The third-order valence-corrected chi connectivity index (χ3v) is 6.59. The van der Waals surface area contributed by atoms with Crippen LogP contribution in [0, 0.1) is 0 Å². The van der Waals surface area contributed by atoms with Gasteiger partial charge in [-0.25, -0.2) is 15.0 Å². The van der Waals surface area contributed by atoms with Crippen LogP contribution in [0.1, 0.15) is 0 Å². The zero-order valence-electron chi connectivity index (χ0n) is 17.9. The summed E-state index contributed by atoms with van der Waals surface area (Å²) >= 11 is 0. The van der Waals surface area contributed by atoms with Crippen molar-refractivity contribution in [3.63, 3.8) is 0 Å². The molecule has 34 heavy (non-hydrogen) atoms. The first kappa shape index (κ1) is 17.7. The summed E-state index contributed by atoms with van der Waals surface area (Å²) in [5.41, 5.74) is 5.75. The predicted molar refractivity (Wildman–Crippen MR) is 134 cm³/mol. The molecule has 1 aromatic heterocycles. The first-order chi connectivity index (χ1) is 16.8. The SMILES string of the molecule is c1ccc2c(c1)Oc1cccc3nc(-n4c5nc6ccccc6c-5cc5ccccc54)nc-2c13. The Labute approximate surface area is 194 Å². The number of nitrogens with zero attached hydrogens (tertiary/aromatic N) is 4. The van der Waals surface area contributed by atoms with Crippen LogP contribution in [0.3, 0.4) is 0 Å². The van der Waals surface area contributed by atoms with Crippen LogP contribution in [-0.4, -0.2) is 19.5 Å². The standard InChI is InChI=1S/C29H16N4O/c1-5-13-23-17(8-1)16-20-18-9-2-4-11-21(18)30-28(20)33(23)29-31-22-12-7-15-25-26(22)27(32-29)19-10-3-6-14-24(19)34-25/h1-16H. The van der Waals surface area contributed by atoms with E-state index in [4.69, 9.17) is 19.7 Å². The normalized spacial score (nSPS) is 12.4. The molecule has 0 unspecified atom stereocenters. The Hall–Kier alpha value is -4.77. The fourth-order valence-corrected chi connectivity index (χ4v) is 5.08. The number of pyridine rings is 1. The van der Waals surface area contributed by atoms with Gasteiger partial charge in [0.15, 0.2) is 0 Å². The van der Waals surface area contributed by atoms with Crippen molar-refractivity contribution in [1.82, 2.24) is 19.5 Å². The minimum Gasteiger partial charge on any atom is -0.456 e. The van der Waals surface area contributed by atoms with Crippen LogP contribution in [0.2, 0.25) is 0 Å². The van der Waals surface area contributed by atoms with Gasteiger partial charge in [-0.2, -0.15) is 0 Å². The zero-order valence-corrected chi connectivity index (χ0v) is 17.9. The molecule has 8 rings (SSSR count). The van der Waals surface area contributed by atoms with Crippen molar-refractivity contribution in [3.05, 3.63) is 97.1 Å². The second-order valence-corrected chi connectivity index (χ2v) is 8.53. The molecule has 3 aliphatic rings. The van der Waals surface area contributed by atoms with Crippen LogP contribution in [0.5, 0.6) is 11.5 Å². The van der Waals surface area contributed by atoms with E-state index in [-0.39, 0.29) is 0 Å². The van der Waals surface area contributed by atoms with E-state index in [9.17, 15) is 0 Å². The Bertz CT molecular complexity index is 1900. The van der Waals surface area contributed by atoms with E-state index in [1.54, 1.807) is 0 Å². The Kier molecular flexibility index (Phi) is 3.34. The van der Waals surface area contributed by atoms with E-state index >= 15 is 0 Å². The van der Waals surface area contributed by atoms with E-state index in [1.165, 1.54) is 0 Å². The molecule has 0 bridgehead atoms. The Morgan fingerprint density at radius 1 is 0.618 bits per heavy atom. The molecule has 5 aromatic rings.